The van der Waals surface area contributed by atoms with Crippen molar-refractivity contribution in [1.29, 1.82) is 0 Å². The van der Waals surface area contributed by atoms with Crippen LogP contribution >= 0.6 is 11.3 Å². The number of halogens is 3. The van der Waals surface area contributed by atoms with E-state index in [1.165, 1.54) is 21.8 Å². The summed E-state index contributed by atoms with van der Waals surface area (Å²) in [5.74, 6) is -1.49. The molecule has 9 nitrogen and oxygen atoms in total. The average Bonchev–Trinajstić information content (AvgIpc) is 3.36. The number of anilines is 1. The van der Waals surface area contributed by atoms with Gasteiger partial charge >= 0.3 is 6.18 Å². The van der Waals surface area contributed by atoms with E-state index in [0.717, 1.165) is 6.07 Å². The largest absolute Gasteiger partial charge is 0.433 e. The number of aryl methyl sites for hydroxylation is 3. The highest BCUT2D eigenvalue weighted by molar-refractivity contribution is 7.21. The zero-order valence-corrected chi connectivity index (χ0v) is 18.7. The van der Waals surface area contributed by atoms with Crippen molar-refractivity contribution >= 4 is 39.1 Å². The number of hydrogen-bond donors (Lipinski definition) is 2. The molecule has 0 saturated heterocycles. The second kappa shape index (κ2) is 7.69. The Labute approximate surface area is 189 Å². The predicted molar refractivity (Wildman–Crippen MR) is 116 cm³/mol. The van der Waals surface area contributed by atoms with Crippen molar-refractivity contribution in [1.82, 2.24) is 24.5 Å². The normalized spacial score (nSPS) is 11.8. The van der Waals surface area contributed by atoms with Crippen molar-refractivity contribution in [3.05, 3.63) is 46.0 Å². The molecule has 3 N–H and O–H groups in total. The number of nitrogens with one attached hydrogen (secondary N) is 1. The number of pyridine rings is 1. The van der Waals surface area contributed by atoms with E-state index in [0.29, 0.717) is 28.3 Å². The maximum Gasteiger partial charge on any atom is 0.433 e. The van der Waals surface area contributed by atoms with Crippen LogP contribution in [0.25, 0.3) is 21.3 Å². The Bertz CT molecular complexity index is 1430. The van der Waals surface area contributed by atoms with E-state index in [1.807, 2.05) is 0 Å². The van der Waals surface area contributed by atoms with Crippen LogP contribution in [0.5, 0.6) is 0 Å². The molecule has 0 spiro atoms. The summed E-state index contributed by atoms with van der Waals surface area (Å²) in [6.07, 6.45) is -1.82. The van der Waals surface area contributed by atoms with Crippen molar-refractivity contribution in [2.75, 3.05) is 5.32 Å². The van der Waals surface area contributed by atoms with Crippen LogP contribution in [0.3, 0.4) is 0 Å². The monoisotopic (exact) mass is 477 g/mol. The summed E-state index contributed by atoms with van der Waals surface area (Å²) < 4.78 is 43.8. The summed E-state index contributed by atoms with van der Waals surface area (Å²) in [6.45, 7) is 3.33. The molecular weight excluding hydrogens is 459 g/mol. The minimum Gasteiger partial charge on any atom is -0.365 e. The van der Waals surface area contributed by atoms with Gasteiger partial charge in [0.15, 0.2) is 0 Å². The van der Waals surface area contributed by atoms with Gasteiger partial charge in [0.1, 0.15) is 15.4 Å². The first-order valence-corrected chi connectivity index (χ1v) is 10.3. The molecule has 4 rings (SSSR count). The summed E-state index contributed by atoms with van der Waals surface area (Å²) in [4.78, 5) is 28.7. The molecule has 0 aliphatic carbocycles. The van der Waals surface area contributed by atoms with Gasteiger partial charge in [0.05, 0.1) is 23.1 Å². The van der Waals surface area contributed by atoms with Crippen molar-refractivity contribution in [2.45, 2.75) is 20.0 Å². The molecule has 0 unspecified atom stereocenters. The number of nitrogens with two attached hydrogens (primary N) is 1. The molecule has 0 radical (unpaired) electrons. The molecule has 0 aliphatic rings. The molecule has 4 heterocycles. The van der Waals surface area contributed by atoms with Gasteiger partial charge in [-0.25, -0.2) is 4.98 Å². The summed E-state index contributed by atoms with van der Waals surface area (Å²) in [5, 5.41) is 11.1. The quantitative estimate of drug-likeness (QED) is 0.467. The third kappa shape index (κ3) is 3.84. The van der Waals surface area contributed by atoms with Crippen LogP contribution in [0.4, 0.5) is 18.9 Å². The highest BCUT2D eigenvalue weighted by atomic mass is 32.1. The summed E-state index contributed by atoms with van der Waals surface area (Å²) in [5.41, 5.74) is 6.17. The van der Waals surface area contributed by atoms with Gasteiger partial charge in [0.25, 0.3) is 11.8 Å². The first kappa shape index (κ1) is 22.5. The van der Waals surface area contributed by atoms with Crippen molar-refractivity contribution < 1.29 is 22.8 Å². The fourth-order valence-corrected chi connectivity index (χ4v) is 4.52. The lowest BCUT2D eigenvalue weighted by Crippen LogP contribution is -2.17. The van der Waals surface area contributed by atoms with Crippen LogP contribution in [0.1, 0.15) is 37.1 Å². The standard InChI is InChI=1S/C20H18F3N7O2S/c1-8-12(7-29(3)28-8)18(32)27-15-14-10(11-6-25-30(4)9(11)2)5-13(20(21,22)23)26-19(14)33-16(15)17(24)31/h5-7H,1-4H3,(H2,24,31)(H,27,32). The second-order valence-electron chi connectivity index (χ2n) is 7.43. The first-order chi connectivity index (χ1) is 15.4. The Hall–Kier alpha value is -3.74. The number of rotatable bonds is 4. The molecule has 4 aromatic rings. The van der Waals surface area contributed by atoms with Crippen molar-refractivity contribution in [3.8, 4) is 11.1 Å². The van der Waals surface area contributed by atoms with Crippen LogP contribution in [0, 0.1) is 13.8 Å². The van der Waals surface area contributed by atoms with Crippen LogP contribution < -0.4 is 11.1 Å². The molecule has 13 heteroatoms. The van der Waals surface area contributed by atoms with Crippen LogP contribution in [0.2, 0.25) is 0 Å². The highest BCUT2D eigenvalue weighted by Crippen LogP contribution is 2.44. The zero-order valence-electron chi connectivity index (χ0n) is 17.9. The van der Waals surface area contributed by atoms with E-state index < -0.39 is 23.7 Å². The highest BCUT2D eigenvalue weighted by Gasteiger charge is 2.35. The van der Waals surface area contributed by atoms with Gasteiger partial charge in [0, 0.05) is 36.9 Å². The first-order valence-electron chi connectivity index (χ1n) is 9.53. The number of aromatic nitrogens is 5. The number of amides is 2. The number of carbonyl (C=O) groups excluding carboxylic acids is 2. The van der Waals surface area contributed by atoms with Crippen molar-refractivity contribution in [2.24, 2.45) is 19.8 Å². The molecule has 0 aromatic carbocycles. The fraction of sp³-hybridized carbons (Fsp3) is 0.250. The van der Waals surface area contributed by atoms with Gasteiger partial charge in [-0.3, -0.25) is 19.0 Å². The number of hydrogen-bond acceptors (Lipinski definition) is 6. The smallest absolute Gasteiger partial charge is 0.365 e. The molecule has 0 aliphatic heterocycles. The van der Waals surface area contributed by atoms with E-state index in [2.05, 4.69) is 20.5 Å². The van der Waals surface area contributed by atoms with E-state index in [1.54, 1.807) is 27.9 Å². The van der Waals surface area contributed by atoms with E-state index in [4.69, 9.17) is 5.73 Å². The lowest BCUT2D eigenvalue weighted by Gasteiger charge is -2.12. The molecule has 2 amide bonds. The summed E-state index contributed by atoms with van der Waals surface area (Å²) >= 11 is 0.682. The Kier molecular flexibility index (Phi) is 5.23. The van der Waals surface area contributed by atoms with Crippen LogP contribution in [-0.2, 0) is 20.3 Å². The van der Waals surface area contributed by atoms with Crippen LogP contribution in [0.15, 0.2) is 18.5 Å². The third-order valence-electron chi connectivity index (χ3n) is 5.20. The zero-order chi connectivity index (χ0) is 24.2. The third-order valence-corrected chi connectivity index (χ3v) is 6.30. The maximum absolute atomic E-state index is 13.6. The average molecular weight is 477 g/mol. The lowest BCUT2D eigenvalue weighted by atomic mass is 10.0. The maximum atomic E-state index is 13.6. The summed E-state index contributed by atoms with van der Waals surface area (Å²) in [7, 11) is 3.29. The Morgan fingerprint density at radius 1 is 1.18 bits per heavy atom. The molecular formula is C20H18F3N7O2S. The molecule has 172 valence electrons. The summed E-state index contributed by atoms with van der Waals surface area (Å²) in [6, 6.07) is 0.884. The van der Waals surface area contributed by atoms with Crippen molar-refractivity contribution in [3.63, 3.8) is 0 Å². The second-order valence-corrected chi connectivity index (χ2v) is 8.43. The van der Waals surface area contributed by atoms with Crippen LogP contribution in [-0.4, -0.2) is 36.4 Å². The van der Waals surface area contributed by atoms with Gasteiger partial charge < -0.3 is 11.1 Å². The van der Waals surface area contributed by atoms with E-state index in [9.17, 15) is 22.8 Å². The van der Waals surface area contributed by atoms with Gasteiger partial charge in [-0.1, -0.05) is 0 Å². The number of fused-ring (bicyclic) bond motifs is 1. The molecule has 0 saturated carbocycles. The Balaban J connectivity index is 2.02. The minimum absolute atomic E-state index is 0.00442. The number of nitrogens with zero attached hydrogens (tertiary/aromatic N) is 5. The van der Waals surface area contributed by atoms with Gasteiger partial charge in [0.2, 0.25) is 0 Å². The lowest BCUT2D eigenvalue weighted by molar-refractivity contribution is -0.140. The SMILES string of the molecule is Cc1nn(C)cc1C(=O)Nc1c(C(N)=O)sc2nc(C(F)(F)F)cc(-c3cnn(C)c3C)c12. The van der Waals surface area contributed by atoms with E-state index >= 15 is 0 Å². The molecule has 0 fully saturated rings. The Morgan fingerprint density at radius 2 is 1.88 bits per heavy atom. The minimum atomic E-state index is -4.73. The topological polar surface area (TPSA) is 121 Å². The fourth-order valence-electron chi connectivity index (χ4n) is 3.52. The predicted octanol–water partition coefficient (Wildman–Crippen LogP) is 3.42. The molecule has 4 aromatic heterocycles. The Morgan fingerprint density at radius 3 is 2.39 bits per heavy atom. The van der Waals surface area contributed by atoms with E-state index in [-0.39, 0.29) is 31.9 Å². The number of thiophene rings is 1. The molecule has 0 bridgehead atoms. The molecule has 33 heavy (non-hydrogen) atoms. The van der Waals surface area contributed by atoms with Gasteiger partial charge in [-0.05, 0) is 25.5 Å². The number of alkyl halides is 3. The van der Waals surface area contributed by atoms with Gasteiger partial charge in [-0.2, -0.15) is 23.4 Å². The van der Waals surface area contributed by atoms with Gasteiger partial charge in [-0.15, -0.1) is 11.3 Å². The number of primary amides is 1. The number of carbonyl (C=O) groups is 2. The molecule has 0 atom stereocenters.